The SMILES string of the molecule is [C-]#[N+]c1cccc(Cl)c1Cn1c(=O)[nH]c2cnc(NC[C@@H]3CCNC3)nc21. The van der Waals surface area contributed by atoms with Crippen LogP contribution in [0.4, 0.5) is 11.6 Å². The van der Waals surface area contributed by atoms with Gasteiger partial charge in [-0.1, -0.05) is 23.7 Å². The number of rotatable bonds is 5. The minimum Gasteiger partial charge on any atom is -0.354 e. The van der Waals surface area contributed by atoms with Gasteiger partial charge in [0.05, 0.1) is 12.8 Å². The van der Waals surface area contributed by atoms with Gasteiger partial charge >= 0.3 is 5.69 Å². The molecular weight excluding hydrogens is 366 g/mol. The third kappa shape index (κ3) is 3.52. The van der Waals surface area contributed by atoms with Gasteiger partial charge < -0.3 is 15.6 Å². The van der Waals surface area contributed by atoms with Crippen molar-refractivity contribution in [3.63, 3.8) is 0 Å². The molecule has 0 spiro atoms. The molecule has 1 saturated heterocycles. The number of anilines is 1. The smallest absolute Gasteiger partial charge is 0.327 e. The van der Waals surface area contributed by atoms with Gasteiger partial charge in [0.1, 0.15) is 5.52 Å². The molecule has 1 atom stereocenters. The largest absolute Gasteiger partial charge is 0.354 e. The number of nitrogens with one attached hydrogen (secondary N) is 3. The third-order valence-electron chi connectivity index (χ3n) is 4.75. The first-order chi connectivity index (χ1) is 13.2. The molecule has 4 rings (SSSR count). The van der Waals surface area contributed by atoms with Crippen LogP contribution in [0, 0.1) is 12.5 Å². The zero-order valence-electron chi connectivity index (χ0n) is 14.5. The van der Waals surface area contributed by atoms with Crippen LogP contribution < -0.4 is 16.3 Å². The summed E-state index contributed by atoms with van der Waals surface area (Å²) in [6.07, 6.45) is 2.72. The molecule has 0 unspecified atom stereocenters. The first-order valence-corrected chi connectivity index (χ1v) is 9.08. The summed E-state index contributed by atoms with van der Waals surface area (Å²) in [4.78, 5) is 27.5. The minimum absolute atomic E-state index is 0.166. The van der Waals surface area contributed by atoms with Gasteiger partial charge in [0.15, 0.2) is 11.3 Å². The molecule has 8 nitrogen and oxygen atoms in total. The highest BCUT2D eigenvalue weighted by atomic mass is 35.5. The normalized spacial score (nSPS) is 16.5. The Morgan fingerprint density at radius 2 is 2.33 bits per heavy atom. The van der Waals surface area contributed by atoms with Crippen molar-refractivity contribution in [2.45, 2.75) is 13.0 Å². The molecule has 2 aromatic heterocycles. The van der Waals surface area contributed by atoms with Crippen LogP contribution in [0.25, 0.3) is 16.0 Å². The highest BCUT2D eigenvalue weighted by Crippen LogP contribution is 2.28. The van der Waals surface area contributed by atoms with Gasteiger partial charge in [0.2, 0.25) is 5.95 Å². The monoisotopic (exact) mass is 383 g/mol. The molecule has 1 aliphatic rings. The van der Waals surface area contributed by atoms with Crippen molar-refractivity contribution in [2.75, 3.05) is 25.0 Å². The Balaban J connectivity index is 1.66. The zero-order valence-corrected chi connectivity index (χ0v) is 15.3. The summed E-state index contributed by atoms with van der Waals surface area (Å²) >= 11 is 6.26. The lowest BCUT2D eigenvalue weighted by atomic mass is 10.1. The molecule has 3 heterocycles. The minimum atomic E-state index is -0.313. The number of fused-ring (bicyclic) bond motifs is 1. The molecule has 1 aromatic carbocycles. The van der Waals surface area contributed by atoms with E-state index in [0.717, 1.165) is 26.1 Å². The second-order valence-electron chi connectivity index (χ2n) is 6.54. The van der Waals surface area contributed by atoms with E-state index in [1.807, 2.05) is 0 Å². The summed E-state index contributed by atoms with van der Waals surface area (Å²) in [7, 11) is 0. The number of aromatic amines is 1. The highest BCUT2D eigenvalue weighted by Gasteiger charge is 2.16. The number of hydrogen-bond donors (Lipinski definition) is 3. The maximum Gasteiger partial charge on any atom is 0.327 e. The Bertz CT molecular complexity index is 1080. The Labute approximate surface area is 160 Å². The molecule has 1 aliphatic heterocycles. The quantitative estimate of drug-likeness (QED) is 0.588. The Hall–Kier alpha value is -2.89. The van der Waals surface area contributed by atoms with Crippen molar-refractivity contribution >= 4 is 34.4 Å². The summed E-state index contributed by atoms with van der Waals surface area (Å²) < 4.78 is 1.48. The van der Waals surface area contributed by atoms with E-state index >= 15 is 0 Å². The fraction of sp³-hybridized carbons (Fsp3) is 0.333. The predicted octanol–water partition coefficient (Wildman–Crippen LogP) is 2.39. The lowest BCUT2D eigenvalue weighted by Gasteiger charge is -2.10. The first-order valence-electron chi connectivity index (χ1n) is 8.70. The fourth-order valence-electron chi connectivity index (χ4n) is 3.27. The number of H-pyrrole nitrogens is 1. The van der Waals surface area contributed by atoms with Crippen molar-refractivity contribution in [2.24, 2.45) is 5.92 Å². The molecule has 0 aliphatic carbocycles. The van der Waals surface area contributed by atoms with Gasteiger partial charge in [-0.15, -0.1) is 0 Å². The predicted molar refractivity (Wildman–Crippen MR) is 104 cm³/mol. The molecule has 1 fully saturated rings. The van der Waals surface area contributed by atoms with Gasteiger partial charge in [-0.2, -0.15) is 4.98 Å². The molecule has 3 N–H and O–H groups in total. The van der Waals surface area contributed by atoms with Gasteiger partial charge in [-0.3, -0.25) is 4.57 Å². The second kappa shape index (κ2) is 7.39. The summed E-state index contributed by atoms with van der Waals surface area (Å²) in [5.74, 6) is 1.02. The van der Waals surface area contributed by atoms with Crippen LogP contribution in [-0.2, 0) is 6.54 Å². The third-order valence-corrected chi connectivity index (χ3v) is 5.11. The van der Waals surface area contributed by atoms with Gasteiger partial charge in [0.25, 0.3) is 0 Å². The average molecular weight is 384 g/mol. The summed E-state index contributed by atoms with van der Waals surface area (Å²) in [6.45, 7) is 10.3. The van der Waals surface area contributed by atoms with Crippen LogP contribution >= 0.6 is 11.6 Å². The van der Waals surface area contributed by atoms with E-state index in [2.05, 4.69) is 30.4 Å². The number of benzene rings is 1. The average Bonchev–Trinajstić information content (AvgIpc) is 3.29. The van der Waals surface area contributed by atoms with E-state index in [4.69, 9.17) is 18.2 Å². The van der Waals surface area contributed by atoms with E-state index in [0.29, 0.717) is 39.3 Å². The van der Waals surface area contributed by atoms with Crippen LogP contribution in [0.2, 0.25) is 5.02 Å². The number of halogens is 1. The molecule has 0 radical (unpaired) electrons. The van der Waals surface area contributed by atoms with E-state index in [1.54, 1.807) is 24.4 Å². The molecule has 0 saturated carbocycles. The molecule has 3 aromatic rings. The van der Waals surface area contributed by atoms with Crippen molar-refractivity contribution in [3.8, 4) is 0 Å². The zero-order chi connectivity index (χ0) is 18.8. The lowest BCUT2D eigenvalue weighted by Crippen LogP contribution is -2.19. The highest BCUT2D eigenvalue weighted by molar-refractivity contribution is 6.31. The van der Waals surface area contributed by atoms with Gasteiger partial charge in [-0.25, -0.2) is 14.6 Å². The number of nitrogens with zero attached hydrogens (tertiary/aromatic N) is 4. The number of hydrogen-bond acceptors (Lipinski definition) is 5. The number of aromatic nitrogens is 4. The molecule has 138 valence electrons. The van der Waals surface area contributed by atoms with E-state index in [9.17, 15) is 4.79 Å². The van der Waals surface area contributed by atoms with Crippen LogP contribution in [0.15, 0.2) is 29.2 Å². The second-order valence-corrected chi connectivity index (χ2v) is 6.94. The van der Waals surface area contributed by atoms with E-state index < -0.39 is 0 Å². The summed E-state index contributed by atoms with van der Waals surface area (Å²) in [5, 5.41) is 7.02. The summed E-state index contributed by atoms with van der Waals surface area (Å²) in [6, 6.07) is 5.12. The Kier molecular flexibility index (Phi) is 4.79. The van der Waals surface area contributed by atoms with Crippen LogP contribution in [0.3, 0.4) is 0 Å². The van der Waals surface area contributed by atoms with Crippen LogP contribution in [0.5, 0.6) is 0 Å². The molecular formula is C18H18ClN7O. The number of imidazole rings is 1. The van der Waals surface area contributed by atoms with Crippen LogP contribution in [-0.4, -0.2) is 39.2 Å². The Morgan fingerprint density at radius 1 is 1.44 bits per heavy atom. The molecule has 0 amide bonds. The molecule has 0 bridgehead atoms. The standard InChI is InChI=1S/C18H18ClN7O/c1-20-14-4-2-3-13(19)12(14)10-26-16-15(24-18(26)27)9-23-17(25-16)22-8-11-5-6-21-7-11/h2-4,9,11,21H,5-8,10H2,(H,24,27)(H,22,23,25)/t11-/m1/s1. The van der Waals surface area contributed by atoms with Gasteiger partial charge in [-0.05, 0) is 37.1 Å². The van der Waals surface area contributed by atoms with Crippen molar-refractivity contribution in [3.05, 3.63) is 56.9 Å². The summed E-state index contributed by atoms with van der Waals surface area (Å²) in [5.41, 5.74) is 1.74. The van der Waals surface area contributed by atoms with Crippen molar-refractivity contribution in [1.29, 1.82) is 0 Å². The van der Waals surface area contributed by atoms with E-state index in [-0.39, 0.29) is 12.2 Å². The van der Waals surface area contributed by atoms with Crippen molar-refractivity contribution in [1.82, 2.24) is 24.8 Å². The Morgan fingerprint density at radius 3 is 3.11 bits per heavy atom. The molecule has 27 heavy (non-hydrogen) atoms. The maximum absolute atomic E-state index is 12.4. The molecule has 9 heteroatoms. The van der Waals surface area contributed by atoms with E-state index in [1.165, 1.54) is 4.57 Å². The lowest BCUT2D eigenvalue weighted by molar-refractivity contribution is 0.613. The van der Waals surface area contributed by atoms with Gasteiger partial charge in [0, 0.05) is 18.1 Å². The first kappa shape index (κ1) is 17.5. The van der Waals surface area contributed by atoms with Crippen molar-refractivity contribution < 1.29 is 0 Å². The maximum atomic E-state index is 12.4. The van der Waals surface area contributed by atoms with Crippen LogP contribution in [0.1, 0.15) is 12.0 Å². The fourth-order valence-corrected chi connectivity index (χ4v) is 3.50. The topological polar surface area (TPSA) is 92.0 Å².